The summed E-state index contributed by atoms with van der Waals surface area (Å²) >= 11 is 12.2. The van der Waals surface area contributed by atoms with Crippen LogP contribution in [0.5, 0.6) is 5.75 Å². The van der Waals surface area contributed by atoms with Gasteiger partial charge in [0.15, 0.2) is 0 Å². The van der Waals surface area contributed by atoms with Crippen molar-refractivity contribution in [3.8, 4) is 5.75 Å². The van der Waals surface area contributed by atoms with Crippen LogP contribution in [0, 0.1) is 0 Å². The monoisotopic (exact) mass is 486 g/mol. The van der Waals surface area contributed by atoms with Crippen molar-refractivity contribution in [2.75, 3.05) is 32.9 Å². The summed E-state index contributed by atoms with van der Waals surface area (Å²) in [5.74, 6) is 0.0472. The van der Waals surface area contributed by atoms with Crippen LogP contribution in [0.3, 0.4) is 0 Å². The summed E-state index contributed by atoms with van der Waals surface area (Å²) in [5, 5.41) is 32.4. The smallest absolute Gasteiger partial charge is 0.128 e. The number of halogens is 2. The van der Waals surface area contributed by atoms with Crippen molar-refractivity contribution < 1.29 is 30.1 Å². The van der Waals surface area contributed by atoms with E-state index in [1.54, 1.807) is 24.3 Å². The SMILES string of the molecule is OCc1cc([C@@H](O)C[NH2+]CCCCCCOCCOCc2c(Cl)cccc2Cl)ccc1O. The highest BCUT2D eigenvalue weighted by molar-refractivity contribution is 6.35. The third kappa shape index (κ3) is 9.63. The van der Waals surface area contributed by atoms with Crippen molar-refractivity contribution in [2.45, 2.75) is 45.0 Å². The first-order valence-electron chi connectivity index (χ1n) is 11.0. The van der Waals surface area contributed by atoms with E-state index >= 15 is 0 Å². The van der Waals surface area contributed by atoms with Crippen molar-refractivity contribution in [1.82, 2.24) is 0 Å². The number of nitrogens with two attached hydrogens (primary N) is 1. The molecule has 0 saturated heterocycles. The molecule has 0 fully saturated rings. The van der Waals surface area contributed by atoms with Gasteiger partial charge in [0.05, 0.1) is 33.0 Å². The van der Waals surface area contributed by atoms with E-state index in [1.165, 1.54) is 6.07 Å². The minimum atomic E-state index is -0.620. The molecule has 0 saturated carbocycles. The summed E-state index contributed by atoms with van der Waals surface area (Å²) in [4.78, 5) is 0. The zero-order valence-corrected chi connectivity index (χ0v) is 19.8. The molecule has 32 heavy (non-hydrogen) atoms. The molecule has 2 aromatic carbocycles. The van der Waals surface area contributed by atoms with E-state index in [9.17, 15) is 15.3 Å². The van der Waals surface area contributed by atoms with Crippen LogP contribution >= 0.6 is 23.2 Å². The lowest BCUT2D eigenvalue weighted by atomic mass is 10.1. The minimum Gasteiger partial charge on any atom is -0.508 e. The van der Waals surface area contributed by atoms with E-state index < -0.39 is 6.10 Å². The van der Waals surface area contributed by atoms with Crippen LogP contribution in [-0.2, 0) is 22.7 Å². The molecule has 0 amide bonds. The molecule has 0 heterocycles. The van der Waals surface area contributed by atoms with E-state index in [1.807, 2.05) is 6.07 Å². The minimum absolute atomic E-state index is 0.0472. The Labute approximate surface area is 200 Å². The van der Waals surface area contributed by atoms with Gasteiger partial charge in [0.1, 0.15) is 18.4 Å². The highest BCUT2D eigenvalue weighted by atomic mass is 35.5. The fraction of sp³-hybridized carbons (Fsp3) is 0.500. The van der Waals surface area contributed by atoms with Gasteiger partial charge in [-0.15, -0.1) is 0 Å². The lowest BCUT2D eigenvalue weighted by molar-refractivity contribution is -0.662. The summed E-state index contributed by atoms with van der Waals surface area (Å²) in [6.07, 6.45) is 3.68. The van der Waals surface area contributed by atoms with Gasteiger partial charge in [-0.25, -0.2) is 0 Å². The van der Waals surface area contributed by atoms with E-state index in [2.05, 4.69) is 5.32 Å². The van der Waals surface area contributed by atoms with Gasteiger partial charge in [-0.05, 0) is 49.1 Å². The fourth-order valence-corrected chi connectivity index (χ4v) is 3.77. The number of aromatic hydroxyl groups is 1. The average molecular weight is 487 g/mol. The summed E-state index contributed by atoms with van der Waals surface area (Å²) in [6, 6.07) is 10.2. The molecule has 0 aliphatic carbocycles. The van der Waals surface area contributed by atoms with Crippen LogP contribution in [-0.4, -0.2) is 48.2 Å². The number of aliphatic hydroxyl groups excluding tert-OH is 2. The molecule has 178 valence electrons. The molecule has 8 heteroatoms. The molecule has 0 bridgehead atoms. The Hall–Kier alpha value is -1.38. The summed E-state index contributed by atoms with van der Waals surface area (Å²) in [7, 11) is 0. The number of hydrogen-bond acceptors (Lipinski definition) is 5. The van der Waals surface area contributed by atoms with Crippen LogP contribution in [0.1, 0.15) is 48.5 Å². The maximum atomic E-state index is 10.3. The molecule has 0 aliphatic heterocycles. The predicted octanol–water partition coefficient (Wildman–Crippen LogP) is 3.58. The van der Waals surface area contributed by atoms with Gasteiger partial charge in [-0.1, -0.05) is 41.8 Å². The number of rotatable bonds is 16. The summed E-state index contributed by atoms with van der Waals surface area (Å²) in [5.41, 5.74) is 1.94. The number of ether oxygens (including phenoxy) is 2. The number of quaternary nitrogens is 1. The highest BCUT2D eigenvalue weighted by Crippen LogP contribution is 2.25. The van der Waals surface area contributed by atoms with Crippen LogP contribution in [0.25, 0.3) is 0 Å². The molecule has 0 radical (unpaired) electrons. The second-order valence-corrected chi connectivity index (χ2v) is 8.47. The molecule has 0 spiro atoms. The van der Waals surface area contributed by atoms with E-state index in [0.29, 0.717) is 54.1 Å². The van der Waals surface area contributed by atoms with E-state index in [0.717, 1.165) is 37.8 Å². The van der Waals surface area contributed by atoms with Gasteiger partial charge in [-0.3, -0.25) is 0 Å². The third-order valence-electron chi connectivity index (χ3n) is 5.18. The normalized spacial score (nSPS) is 12.2. The quantitative estimate of drug-likeness (QED) is 0.272. The van der Waals surface area contributed by atoms with E-state index in [4.69, 9.17) is 32.7 Å². The van der Waals surface area contributed by atoms with Crippen LogP contribution in [0.15, 0.2) is 36.4 Å². The number of benzene rings is 2. The second-order valence-electron chi connectivity index (χ2n) is 7.65. The molecular formula is C24H34Cl2NO5+. The largest absolute Gasteiger partial charge is 0.508 e. The van der Waals surface area contributed by atoms with E-state index in [-0.39, 0.29) is 12.4 Å². The van der Waals surface area contributed by atoms with Gasteiger partial charge in [0.2, 0.25) is 0 Å². The molecule has 2 rings (SSSR count). The Kier molecular flexibility index (Phi) is 13.0. The van der Waals surface area contributed by atoms with Gasteiger partial charge in [-0.2, -0.15) is 0 Å². The molecular weight excluding hydrogens is 453 g/mol. The first-order valence-corrected chi connectivity index (χ1v) is 11.8. The average Bonchev–Trinajstić information content (AvgIpc) is 2.78. The van der Waals surface area contributed by atoms with Gasteiger partial charge in [0, 0.05) is 27.8 Å². The number of phenols is 1. The fourth-order valence-electron chi connectivity index (χ4n) is 3.26. The Morgan fingerprint density at radius 2 is 1.62 bits per heavy atom. The number of aliphatic hydroxyl groups is 2. The summed E-state index contributed by atoms with van der Waals surface area (Å²) in [6.45, 7) is 3.39. The molecule has 5 N–H and O–H groups in total. The Bertz CT molecular complexity index is 786. The Morgan fingerprint density at radius 3 is 2.38 bits per heavy atom. The second kappa shape index (κ2) is 15.5. The van der Waals surface area contributed by atoms with Crippen molar-refractivity contribution in [3.05, 3.63) is 63.1 Å². The van der Waals surface area contributed by atoms with Gasteiger partial charge in [0.25, 0.3) is 0 Å². The Balaban J connectivity index is 1.42. The van der Waals surface area contributed by atoms with Crippen LogP contribution in [0.2, 0.25) is 10.0 Å². The van der Waals surface area contributed by atoms with Crippen molar-refractivity contribution in [2.24, 2.45) is 0 Å². The Morgan fingerprint density at radius 1 is 0.906 bits per heavy atom. The topological polar surface area (TPSA) is 95.8 Å². The van der Waals surface area contributed by atoms with Crippen LogP contribution in [0.4, 0.5) is 0 Å². The van der Waals surface area contributed by atoms with Crippen molar-refractivity contribution in [1.29, 1.82) is 0 Å². The number of unbranched alkanes of at least 4 members (excludes halogenated alkanes) is 3. The lowest BCUT2D eigenvalue weighted by Crippen LogP contribution is -2.85. The third-order valence-corrected chi connectivity index (χ3v) is 5.88. The maximum absolute atomic E-state index is 10.3. The molecule has 0 aromatic heterocycles. The molecule has 1 atom stereocenters. The highest BCUT2D eigenvalue weighted by Gasteiger charge is 2.11. The first-order chi connectivity index (χ1) is 15.5. The molecule has 0 aliphatic rings. The van der Waals surface area contributed by atoms with Gasteiger partial charge >= 0.3 is 0 Å². The van der Waals surface area contributed by atoms with Crippen LogP contribution < -0.4 is 5.32 Å². The lowest BCUT2D eigenvalue weighted by Gasteiger charge is -2.12. The van der Waals surface area contributed by atoms with Crippen molar-refractivity contribution in [3.63, 3.8) is 0 Å². The predicted molar refractivity (Wildman–Crippen MR) is 126 cm³/mol. The zero-order valence-electron chi connectivity index (χ0n) is 18.3. The zero-order chi connectivity index (χ0) is 23.2. The molecule has 6 nitrogen and oxygen atoms in total. The first kappa shape index (κ1) is 26.9. The summed E-state index contributed by atoms with van der Waals surface area (Å²) < 4.78 is 11.2. The maximum Gasteiger partial charge on any atom is 0.128 e. The molecule has 2 aromatic rings. The molecule has 0 unspecified atom stereocenters. The van der Waals surface area contributed by atoms with Crippen molar-refractivity contribution >= 4 is 23.2 Å². The number of hydrogen-bond donors (Lipinski definition) is 4. The van der Waals surface area contributed by atoms with Gasteiger partial charge < -0.3 is 30.1 Å². The standard InChI is InChI=1S/C24H33Cl2NO5/c25-21-6-5-7-22(26)20(21)17-32-13-12-31-11-4-2-1-3-10-27-15-24(30)18-8-9-23(29)19(14-18)16-28/h5-9,14,24,27-30H,1-4,10-13,15-17H2/p+1/t24-/m0/s1.